The minimum absolute atomic E-state index is 0.0926. The number of hydrogen-bond acceptors (Lipinski definition) is 4. The average Bonchev–Trinajstić information content (AvgIpc) is 3.42. The molecule has 178 valence electrons. The molecule has 0 spiro atoms. The van der Waals surface area contributed by atoms with E-state index in [-0.39, 0.29) is 18.9 Å². The van der Waals surface area contributed by atoms with Crippen LogP contribution in [-0.4, -0.2) is 52.7 Å². The Labute approximate surface area is 199 Å². The van der Waals surface area contributed by atoms with Crippen molar-refractivity contribution in [2.24, 2.45) is 0 Å². The van der Waals surface area contributed by atoms with E-state index in [9.17, 15) is 19.5 Å². The predicted octanol–water partition coefficient (Wildman–Crippen LogP) is 4.33. The molecule has 1 saturated heterocycles. The van der Waals surface area contributed by atoms with Gasteiger partial charge in [0, 0.05) is 12.5 Å². The summed E-state index contributed by atoms with van der Waals surface area (Å²) in [7, 11) is 0. The molecule has 4 rings (SSSR count). The van der Waals surface area contributed by atoms with Gasteiger partial charge in [-0.2, -0.15) is 0 Å². The van der Waals surface area contributed by atoms with Gasteiger partial charge in [0.1, 0.15) is 18.2 Å². The van der Waals surface area contributed by atoms with Crippen LogP contribution in [0.4, 0.5) is 4.79 Å². The maximum absolute atomic E-state index is 13.3. The summed E-state index contributed by atoms with van der Waals surface area (Å²) < 4.78 is 5.58. The molecule has 2 atom stereocenters. The summed E-state index contributed by atoms with van der Waals surface area (Å²) in [5.74, 6) is -1.53. The van der Waals surface area contributed by atoms with Crippen LogP contribution in [0.2, 0.25) is 0 Å². The summed E-state index contributed by atoms with van der Waals surface area (Å²) in [5.41, 5.74) is 3.22. The van der Waals surface area contributed by atoms with Gasteiger partial charge in [0.15, 0.2) is 0 Å². The molecule has 2 unspecified atom stereocenters. The first kappa shape index (κ1) is 23.5. The number of benzene rings is 2. The Morgan fingerprint density at radius 1 is 1.18 bits per heavy atom. The predicted molar refractivity (Wildman–Crippen MR) is 128 cm³/mol. The molecule has 2 amide bonds. The molecule has 7 nitrogen and oxygen atoms in total. The smallest absolute Gasteiger partial charge is 0.407 e. The van der Waals surface area contributed by atoms with Crippen molar-refractivity contribution in [2.45, 2.75) is 50.1 Å². The Bertz CT molecular complexity index is 1070. The van der Waals surface area contributed by atoms with E-state index in [1.165, 1.54) is 11.0 Å². The molecule has 0 aromatic heterocycles. The second-order valence-corrected chi connectivity index (χ2v) is 8.83. The Morgan fingerprint density at radius 2 is 1.79 bits per heavy atom. The van der Waals surface area contributed by atoms with Crippen molar-refractivity contribution in [3.05, 3.63) is 72.3 Å². The summed E-state index contributed by atoms with van der Waals surface area (Å²) in [6, 6.07) is 15.2. The third-order valence-electron chi connectivity index (χ3n) is 7.07. The number of alkyl carbamates (subject to hydrolysis) is 1. The van der Waals surface area contributed by atoms with Crippen LogP contribution in [0, 0.1) is 0 Å². The number of carboxylic acid groups (broad SMARTS) is 1. The van der Waals surface area contributed by atoms with E-state index in [4.69, 9.17) is 4.74 Å². The van der Waals surface area contributed by atoms with Crippen molar-refractivity contribution in [2.75, 3.05) is 13.2 Å². The molecule has 1 aliphatic carbocycles. The molecule has 2 aromatic carbocycles. The van der Waals surface area contributed by atoms with Gasteiger partial charge in [-0.1, -0.05) is 61.5 Å². The number of ether oxygens (including phenoxy) is 1. The summed E-state index contributed by atoms with van der Waals surface area (Å²) >= 11 is 0. The van der Waals surface area contributed by atoms with Crippen molar-refractivity contribution < 1.29 is 24.2 Å². The van der Waals surface area contributed by atoms with Crippen LogP contribution in [0.5, 0.6) is 0 Å². The lowest BCUT2D eigenvalue weighted by atomic mass is 9.92. The van der Waals surface area contributed by atoms with Crippen LogP contribution < -0.4 is 5.32 Å². The Kier molecular flexibility index (Phi) is 6.72. The number of carbonyl (C=O) groups excluding carboxylic acids is 2. The minimum Gasteiger partial charge on any atom is -0.479 e. The number of likely N-dealkylation sites (tertiary alicyclic amines) is 1. The molecule has 7 heteroatoms. The van der Waals surface area contributed by atoms with E-state index in [2.05, 4.69) is 24.0 Å². The second kappa shape index (κ2) is 9.71. The molecule has 2 N–H and O–H groups in total. The molecule has 0 radical (unpaired) electrons. The second-order valence-electron chi connectivity index (χ2n) is 8.83. The highest BCUT2D eigenvalue weighted by Gasteiger charge is 2.49. The van der Waals surface area contributed by atoms with E-state index in [1.807, 2.05) is 36.4 Å². The van der Waals surface area contributed by atoms with Gasteiger partial charge in [0.2, 0.25) is 5.91 Å². The molecule has 1 aliphatic heterocycles. The monoisotopic (exact) mass is 462 g/mol. The zero-order valence-electron chi connectivity index (χ0n) is 19.3. The first-order valence-corrected chi connectivity index (χ1v) is 11.7. The number of fused-ring (bicyclic) bond motifs is 3. The third-order valence-corrected chi connectivity index (χ3v) is 7.07. The Morgan fingerprint density at radius 3 is 2.35 bits per heavy atom. The summed E-state index contributed by atoms with van der Waals surface area (Å²) in [4.78, 5) is 39.4. The van der Waals surface area contributed by atoms with E-state index in [0.717, 1.165) is 22.3 Å². The van der Waals surface area contributed by atoms with Gasteiger partial charge in [-0.3, -0.25) is 4.79 Å². The fraction of sp³-hybridized carbons (Fsp3) is 0.370. The zero-order chi connectivity index (χ0) is 24.3. The average molecular weight is 463 g/mol. The number of amides is 2. The highest BCUT2D eigenvalue weighted by molar-refractivity contribution is 5.92. The van der Waals surface area contributed by atoms with Crippen LogP contribution in [0.15, 0.2) is 61.2 Å². The quantitative estimate of drug-likeness (QED) is 0.570. The van der Waals surface area contributed by atoms with Crippen LogP contribution in [-0.2, 0) is 14.3 Å². The van der Waals surface area contributed by atoms with Gasteiger partial charge in [-0.25, -0.2) is 9.59 Å². The van der Waals surface area contributed by atoms with Crippen LogP contribution in [0.1, 0.15) is 49.7 Å². The molecule has 0 saturated carbocycles. The topological polar surface area (TPSA) is 95.9 Å². The summed E-state index contributed by atoms with van der Waals surface area (Å²) in [5, 5.41) is 12.5. The summed E-state index contributed by atoms with van der Waals surface area (Å²) in [6.07, 6.45) is 2.32. The highest BCUT2D eigenvalue weighted by atomic mass is 16.5. The number of nitrogens with one attached hydrogen (secondary N) is 1. The standard InChI is InChI=1S/C27H30N2O5/c1-3-10-23(24(30)29-16-9-15-27(29,4-2)25(31)32)28-26(33)34-17-22-20-13-7-5-11-18(20)19-12-6-8-14-21(19)22/h3,5-8,11-14,22-23H,1,4,9-10,15-17H2,2H3,(H,28,33)(H,31,32). The van der Waals surface area contributed by atoms with Crippen molar-refractivity contribution in [1.29, 1.82) is 0 Å². The van der Waals surface area contributed by atoms with Crippen LogP contribution in [0.25, 0.3) is 11.1 Å². The van der Waals surface area contributed by atoms with Gasteiger partial charge in [0.05, 0.1) is 0 Å². The van der Waals surface area contributed by atoms with Crippen LogP contribution in [0.3, 0.4) is 0 Å². The molecule has 34 heavy (non-hydrogen) atoms. The molecule has 0 bridgehead atoms. The van der Waals surface area contributed by atoms with Gasteiger partial charge >= 0.3 is 12.1 Å². The molecule has 1 fully saturated rings. The van der Waals surface area contributed by atoms with Gasteiger partial charge in [-0.15, -0.1) is 6.58 Å². The lowest BCUT2D eigenvalue weighted by molar-refractivity contribution is -0.157. The zero-order valence-corrected chi connectivity index (χ0v) is 19.3. The number of carbonyl (C=O) groups is 3. The number of hydrogen-bond donors (Lipinski definition) is 2. The Hall–Kier alpha value is -3.61. The van der Waals surface area contributed by atoms with Crippen molar-refractivity contribution in [1.82, 2.24) is 10.2 Å². The third kappa shape index (κ3) is 4.06. The molecular weight excluding hydrogens is 432 g/mol. The largest absolute Gasteiger partial charge is 0.479 e. The molecule has 2 aromatic rings. The van der Waals surface area contributed by atoms with E-state index < -0.39 is 29.6 Å². The Balaban J connectivity index is 1.46. The fourth-order valence-electron chi connectivity index (χ4n) is 5.30. The highest BCUT2D eigenvalue weighted by Crippen LogP contribution is 2.44. The number of rotatable bonds is 8. The SMILES string of the molecule is C=CCC(NC(=O)OCC1c2ccccc2-c2ccccc21)C(=O)N1CCCC1(CC)C(=O)O. The first-order chi connectivity index (χ1) is 16.4. The number of nitrogens with zero attached hydrogens (tertiary/aromatic N) is 1. The molecule has 1 heterocycles. The van der Waals surface area contributed by atoms with Gasteiger partial charge in [0.25, 0.3) is 0 Å². The first-order valence-electron chi connectivity index (χ1n) is 11.7. The number of aliphatic carboxylic acids is 1. The lowest BCUT2D eigenvalue weighted by Crippen LogP contribution is -2.58. The maximum Gasteiger partial charge on any atom is 0.407 e. The van der Waals surface area contributed by atoms with E-state index in [0.29, 0.717) is 25.8 Å². The lowest BCUT2D eigenvalue weighted by Gasteiger charge is -2.36. The fourth-order valence-corrected chi connectivity index (χ4v) is 5.30. The normalized spacial score (nSPS) is 19.7. The van der Waals surface area contributed by atoms with Crippen LogP contribution >= 0.6 is 0 Å². The number of carboxylic acids is 1. The minimum atomic E-state index is -1.24. The summed E-state index contributed by atoms with van der Waals surface area (Å²) in [6.45, 7) is 5.93. The van der Waals surface area contributed by atoms with E-state index in [1.54, 1.807) is 6.92 Å². The van der Waals surface area contributed by atoms with Gasteiger partial charge < -0.3 is 20.1 Å². The van der Waals surface area contributed by atoms with Gasteiger partial charge in [-0.05, 0) is 47.9 Å². The van der Waals surface area contributed by atoms with Crippen molar-refractivity contribution in [3.63, 3.8) is 0 Å². The van der Waals surface area contributed by atoms with Crippen molar-refractivity contribution >= 4 is 18.0 Å². The molecular formula is C27H30N2O5. The maximum atomic E-state index is 13.3. The van der Waals surface area contributed by atoms with E-state index >= 15 is 0 Å². The molecule has 2 aliphatic rings. The van der Waals surface area contributed by atoms with Crippen molar-refractivity contribution in [3.8, 4) is 11.1 Å².